The van der Waals surface area contributed by atoms with E-state index >= 15 is 0 Å². The number of aliphatic hydroxyl groups is 1. The zero-order valence-corrected chi connectivity index (χ0v) is 11.4. The Balaban J connectivity index is 1.93. The van der Waals surface area contributed by atoms with Crippen molar-refractivity contribution in [1.82, 2.24) is 0 Å². The van der Waals surface area contributed by atoms with Crippen LogP contribution in [0, 0.1) is 11.6 Å². The van der Waals surface area contributed by atoms with E-state index in [1.807, 2.05) is 0 Å². The Bertz CT molecular complexity index is 672. The highest BCUT2D eigenvalue weighted by Gasteiger charge is 2.36. The summed E-state index contributed by atoms with van der Waals surface area (Å²) >= 11 is 5.65. The summed E-state index contributed by atoms with van der Waals surface area (Å²) in [4.78, 5) is 0. The molecule has 0 radical (unpaired) electrons. The van der Waals surface area contributed by atoms with Crippen molar-refractivity contribution in [2.24, 2.45) is 0 Å². The number of halogens is 3. The van der Waals surface area contributed by atoms with Crippen LogP contribution < -0.4 is 0 Å². The summed E-state index contributed by atoms with van der Waals surface area (Å²) in [5.74, 6) is -0.796. The molecule has 1 unspecified atom stereocenters. The smallest absolute Gasteiger partial charge is 0.142 e. The lowest BCUT2D eigenvalue weighted by Crippen LogP contribution is -2.25. The fourth-order valence-electron chi connectivity index (χ4n) is 2.87. The Labute approximate surface area is 120 Å². The van der Waals surface area contributed by atoms with Crippen molar-refractivity contribution in [3.8, 4) is 0 Å². The van der Waals surface area contributed by atoms with Crippen LogP contribution in [0.4, 0.5) is 8.78 Å². The molecule has 0 aliphatic heterocycles. The highest BCUT2D eigenvalue weighted by Crippen LogP contribution is 2.39. The second kappa shape index (κ2) is 4.83. The van der Waals surface area contributed by atoms with Crippen molar-refractivity contribution < 1.29 is 13.9 Å². The van der Waals surface area contributed by atoms with Crippen LogP contribution in [0.1, 0.15) is 23.1 Å². The van der Waals surface area contributed by atoms with Gasteiger partial charge in [-0.25, -0.2) is 8.78 Å². The van der Waals surface area contributed by atoms with E-state index in [1.165, 1.54) is 24.3 Å². The van der Waals surface area contributed by atoms with Crippen LogP contribution in [0.2, 0.25) is 5.02 Å². The molecule has 4 heteroatoms. The van der Waals surface area contributed by atoms with Gasteiger partial charge in [-0.2, -0.15) is 0 Å². The van der Waals surface area contributed by atoms with E-state index in [4.69, 9.17) is 11.6 Å². The Hall–Kier alpha value is -1.45. The molecule has 1 atom stereocenters. The third-order valence-corrected chi connectivity index (χ3v) is 4.16. The van der Waals surface area contributed by atoms with E-state index in [0.29, 0.717) is 24.8 Å². The van der Waals surface area contributed by atoms with Crippen LogP contribution in [-0.4, -0.2) is 5.11 Å². The molecule has 0 heterocycles. The van der Waals surface area contributed by atoms with Crippen molar-refractivity contribution in [2.75, 3.05) is 0 Å². The molecule has 0 aromatic heterocycles. The predicted molar refractivity (Wildman–Crippen MR) is 73.7 cm³/mol. The summed E-state index contributed by atoms with van der Waals surface area (Å²) < 4.78 is 26.7. The first-order chi connectivity index (χ1) is 9.48. The average Bonchev–Trinajstić information content (AvgIpc) is 2.71. The molecule has 0 saturated heterocycles. The highest BCUT2D eigenvalue weighted by atomic mass is 35.5. The Morgan fingerprint density at radius 2 is 1.95 bits per heavy atom. The molecule has 1 aliphatic rings. The molecule has 20 heavy (non-hydrogen) atoms. The van der Waals surface area contributed by atoms with Crippen LogP contribution in [0.15, 0.2) is 36.4 Å². The summed E-state index contributed by atoms with van der Waals surface area (Å²) in [6, 6.07) is 8.93. The second-order valence-corrected chi connectivity index (χ2v) is 5.67. The van der Waals surface area contributed by atoms with Gasteiger partial charge < -0.3 is 5.11 Å². The number of benzene rings is 2. The van der Waals surface area contributed by atoms with Crippen molar-refractivity contribution in [1.29, 1.82) is 0 Å². The van der Waals surface area contributed by atoms with E-state index < -0.39 is 11.4 Å². The summed E-state index contributed by atoms with van der Waals surface area (Å²) in [6.45, 7) is 0. The Morgan fingerprint density at radius 1 is 1.15 bits per heavy atom. The highest BCUT2D eigenvalue weighted by molar-refractivity contribution is 6.30. The number of hydrogen-bond acceptors (Lipinski definition) is 1. The van der Waals surface area contributed by atoms with Gasteiger partial charge in [0.15, 0.2) is 0 Å². The molecule has 1 nitrogen and oxygen atoms in total. The van der Waals surface area contributed by atoms with Crippen LogP contribution in [0.25, 0.3) is 0 Å². The van der Waals surface area contributed by atoms with Gasteiger partial charge in [0.2, 0.25) is 0 Å². The first kappa shape index (κ1) is 13.5. The fourth-order valence-corrected chi connectivity index (χ4v) is 2.99. The molecule has 1 N–H and O–H groups in total. The van der Waals surface area contributed by atoms with E-state index in [1.54, 1.807) is 12.1 Å². The lowest BCUT2D eigenvalue weighted by atomic mass is 9.89. The van der Waals surface area contributed by atoms with Gasteiger partial charge in [0.1, 0.15) is 11.6 Å². The van der Waals surface area contributed by atoms with Crippen molar-refractivity contribution in [3.05, 3.63) is 69.7 Å². The van der Waals surface area contributed by atoms with Gasteiger partial charge in [-0.05, 0) is 53.8 Å². The minimum absolute atomic E-state index is 0.0645. The molecule has 0 fully saturated rings. The molecule has 0 saturated carbocycles. The largest absolute Gasteiger partial charge is 0.385 e. The standard InChI is InChI=1S/C16H13ClF2O/c17-14-4-1-10(7-15(14)19)9-16(20)6-5-11-8-12(18)2-3-13(11)16/h1-4,7-8,20H,5-6,9H2. The fraction of sp³-hybridized carbons (Fsp3) is 0.250. The van der Waals surface area contributed by atoms with Gasteiger partial charge in [-0.1, -0.05) is 23.7 Å². The summed E-state index contributed by atoms with van der Waals surface area (Å²) in [5.41, 5.74) is 1.16. The first-order valence-electron chi connectivity index (χ1n) is 6.43. The lowest BCUT2D eigenvalue weighted by Gasteiger charge is -2.24. The minimum atomic E-state index is -1.07. The molecule has 0 amide bonds. The van der Waals surface area contributed by atoms with Gasteiger partial charge in [-0.15, -0.1) is 0 Å². The molecule has 2 aromatic carbocycles. The predicted octanol–water partition coefficient (Wildman–Crippen LogP) is 3.99. The maximum atomic E-state index is 13.5. The second-order valence-electron chi connectivity index (χ2n) is 5.26. The van der Waals surface area contributed by atoms with E-state index in [9.17, 15) is 13.9 Å². The van der Waals surface area contributed by atoms with Gasteiger partial charge in [0.25, 0.3) is 0 Å². The van der Waals surface area contributed by atoms with E-state index in [-0.39, 0.29) is 10.8 Å². The summed E-state index contributed by atoms with van der Waals surface area (Å²) in [7, 11) is 0. The van der Waals surface area contributed by atoms with Crippen LogP contribution >= 0.6 is 11.6 Å². The molecule has 2 aromatic rings. The van der Waals surface area contributed by atoms with E-state index in [2.05, 4.69) is 0 Å². The lowest BCUT2D eigenvalue weighted by molar-refractivity contribution is 0.0389. The Morgan fingerprint density at radius 3 is 2.70 bits per heavy atom. The number of fused-ring (bicyclic) bond motifs is 1. The third-order valence-electron chi connectivity index (χ3n) is 3.86. The topological polar surface area (TPSA) is 20.2 Å². The van der Waals surface area contributed by atoms with Crippen molar-refractivity contribution >= 4 is 11.6 Å². The van der Waals surface area contributed by atoms with Gasteiger partial charge in [0, 0.05) is 6.42 Å². The van der Waals surface area contributed by atoms with Crippen molar-refractivity contribution in [3.63, 3.8) is 0 Å². The van der Waals surface area contributed by atoms with Gasteiger partial charge >= 0.3 is 0 Å². The number of hydrogen-bond donors (Lipinski definition) is 1. The molecule has 0 spiro atoms. The zero-order chi connectivity index (χ0) is 14.3. The monoisotopic (exact) mass is 294 g/mol. The quantitative estimate of drug-likeness (QED) is 0.888. The van der Waals surface area contributed by atoms with E-state index in [0.717, 1.165) is 11.1 Å². The van der Waals surface area contributed by atoms with Crippen molar-refractivity contribution in [2.45, 2.75) is 24.9 Å². The van der Waals surface area contributed by atoms with Gasteiger partial charge in [0.05, 0.1) is 10.6 Å². The summed E-state index contributed by atoms with van der Waals surface area (Å²) in [5, 5.41) is 10.8. The number of rotatable bonds is 2. The zero-order valence-electron chi connectivity index (χ0n) is 10.7. The molecule has 0 bridgehead atoms. The maximum Gasteiger partial charge on any atom is 0.142 e. The van der Waals surface area contributed by atoms with Crippen LogP contribution in [-0.2, 0) is 18.4 Å². The molecular formula is C16H13ClF2O. The van der Waals surface area contributed by atoms with Gasteiger partial charge in [-0.3, -0.25) is 0 Å². The molecule has 3 rings (SSSR count). The third kappa shape index (κ3) is 2.32. The van der Waals surface area contributed by atoms with Crippen LogP contribution in [0.3, 0.4) is 0 Å². The number of aryl methyl sites for hydroxylation is 1. The normalized spacial score (nSPS) is 21.0. The molecule has 1 aliphatic carbocycles. The van der Waals surface area contributed by atoms with Crippen LogP contribution in [0.5, 0.6) is 0 Å². The molecular weight excluding hydrogens is 282 g/mol. The first-order valence-corrected chi connectivity index (χ1v) is 6.81. The average molecular weight is 295 g/mol. The molecule has 104 valence electrons. The SMILES string of the molecule is OC1(Cc2ccc(Cl)c(F)c2)CCc2cc(F)ccc21. The minimum Gasteiger partial charge on any atom is -0.385 e. The summed E-state index contributed by atoms with van der Waals surface area (Å²) in [6.07, 6.45) is 1.43. The maximum absolute atomic E-state index is 13.5. The Kier molecular flexibility index (Phi) is 3.27.